The minimum atomic E-state index is -0.948. The van der Waals surface area contributed by atoms with Crippen LogP contribution in [0.3, 0.4) is 0 Å². The van der Waals surface area contributed by atoms with Gasteiger partial charge in [-0.1, -0.05) is 18.2 Å². The first kappa shape index (κ1) is 14.0. The minimum absolute atomic E-state index is 0.0899. The van der Waals surface area contributed by atoms with Crippen LogP contribution in [0.4, 0.5) is 0 Å². The van der Waals surface area contributed by atoms with Gasteiger partial charge in [-0.3, -0.25) is 9.59 Å². The number of carbonyl (C=O) groups is 1. The second-order valence-electron chi connectivity index (χ2n) is 4.01. The van der Waals surface area contributed by atoms with Crippen molar-refractivity contribution >= 4 is 5.91 Å². The summed E-state index contributed by atoms with van der Waals surface area (Å²) in [7, 11) is 0. The maximum atomic E-state index is 12.2. The van der Waals surface area contributed by atoms with E-state index in [0.717, 1.165) is 4.68 Å². The summed E-state index contributed by atoms with van der Waals surface area (Å²) < 4.78 is 0.936. The van der Waals surface area contributed by atoms with Crippen molar-refractivity contribution < 1.29 is 4.79 Å². The van der Waals surface area contributed by atoms with Crippen LogP contribution in [0.1, 0.15) is 21.6 Å². The van der Waals surface area contributed by atoms with Crippen LogP contribution in [0, 0.1) is 18.3 Å². The maximum Gasteiger partial charge on any atom is 0.289 e. The van der Waals surface area contributed by atoms with E-state index in [2.05, 4.69) is 15.1 Å². The zero-order valence-corrected chi connectivity index (χ0v) is 10.9. The molecule has 21 heavy (non-hydrogen) atoms. The molecule has 0 saturated heterocycles. The van der Waals surface area contributed by atoms with Gasteiger partial charge >= 0.3 is 0 Å². The maximum absolute atomic E-state index is 12.2. The third-order valence-electron chi connectivity index (χ3n) is 2.79. The highest BCUT2D eigenvalue weighted by Crippen LogP contribution is 2.11. The van der Waals surface area contributed by atoms with Crippen LogP contribution >= 0.6 is 0 Å². The van der Waals surface area contributed by atoms with E-state index in [-0.39, 0.29) is 16.8 Å². The van der Waals surface area contributed by atoms with Crippen molar-refractivity contribution in [3.05, 3.63) is 67.9 Å². The Morgan fingerprint density at radius 3 is 2.67 bits per heavy atom. The summed E-state index contributed by atoms with van der Waals surface area (Å²) in [6.07, 6.45) is 0. The number of amides is 1. The molecule has 1 aromatic heterocycles. The molecule has 0 radical (unpaired) electrons. The van der Waals surface area contributed by atoms with Crippen LogP contribution < -0.4 is 5.56 Å². The largest absolute Gasteiger partial charge is 0.289 e. The Hall–Kier alpha value is -3.43. The van der Waals surface area contributed by atoms with E-state index < -0.39 is 11.5 Å². The van der Waals surface area contributed by atoms with Crippen LogP contribution in [0.2, 0.25) is 0 Å². The first-order chi connectivity index (χ1) is 10.1. The summed E-state index contributed by atoms with van der Waals surface area (Å²) >= 11 is 0. The van der Waals surface area contributed by atoms with Crippen molar-refractivity contribution in [2.24, 2.45) is 5.11 Å². The number of rotatable bonds is 2. The van der Waals surface area contributed by atoms with E-state index in [0.29, 0.717) is 5.69 Å². The lowest BCUT2D eigenvalue weighted by Gasteiger charge is -2.09. The molecule has 0 aliphatic carbocycles. The molecule has 8 heteroatoms. The summed E-state index contributed by atoms with van der Waals surface area (Å²) in [5.41, 5.74) is 7.73. The number of benzene rings is 1. The molecule has 0 bridgehead atoms. The van der Waals surface area contributed by atoms with Gasteiger partial charge in [0.25, 0.3) is 11.5 Å². The van der Waals surface area contributed by atoms with Gasteiger partial charge in [0.05, 0.1) is 5.69 Å². The number of carbonyl (C=O) groups excluding carboxylic acids is 1. The summed E-state index contributed by atoms with van der Waals surface area (Å²) in [5.74, 6) is -0.948. The number of aromatic nitrogens is 2. The Balaban J connectivity index is 2.82. The van der Waals surface area contributed by atoms with Gasteiger partial charge in [-0.2, -0.15) is 15.0 Å². The highest BCUT2D eigenvalue weighted by atomic mass is 16.2. The molecule has 0 unspecified atom stereocenters. The normalized spacial score (nSPS) is 9.52. The Morgan fingerprint density at radius 1 is 1.43 bits per heavy atom. The summed E-state index contributed by atoms with van der Waals surface area (Å²) in [6.45, 7) is 1.41. The highest BCUT2D eigenvalue weighted by Gasteiger charge is 2.19. The van der Waals surface area contributed by atoms with E-state index in [1.807, 2.05) is 0 Å². The first-order valence-electron chi connectivity index (χ1n) is 5.79. The molecule has 0 saturated carbocycles. The Labute approximate surface area is 118 Å². The molecule has 2 aromatic rings. The molecule has 0 fully saturated rings. The fraction of sp³-hybridized carbons (Fsp3) is 0.0769. The highest BCUT2D eigenvalue weighted by molar-refractivity contribution is 5.94. The zero-order valence-electron chi connectivity index (χ0n) is 10.9. The molecule has 0 atom stereocenters. The number of hydrogen-bond acceptors (Lipinski definition) is 4. The molecular formula is C13H8N6O2. The van der Waals surface area contributed by atoms with Gasteiger partial charge in [0.1, 0.15) is 17.3 Å². The molecule has 2 rings (SSSR count). The van der Waals surface area contributed by atoms with Crippen molar-refractivity contribution in [3.63, 3.8) is 0 Å². The van der Waals surface area contributed by atoms with E-state index >= 15 is 0 Å². The predicted molar refractivity (Wildman–Crippen MR) is 72.8 cm³/mol. The fourth-order valence-corrected chi connectivity index (χ4v) is 1.77. The lowest BCUT2D eigenvalue weighted by Crippen LogP contribution is -2.27. The molecule has 1 amide bonds. The second-order valence-corrected chi connectivity index (χ2v) is 4.01. The lowest BCUT2D eigenvalue weighted by molar-refractivity contribution is 0.0993. The number of nitriles is 1. The number of para-hydroxylation sites is 1. The Bertz CT molecular complexity index is 857. The molecule has 1 aromatic carbocycles. The summed E-state index contributed by atoms with van der Waals surface area (Å²) in [5, 5.41) is 16.0. The SMILES string of the molecule is Cc1c(C(=O)N=[N+]=[N-])nn(-c2ccccc2)c(=O)c1C#N. The van der Waals surface area contributed by atoms with Crippen LogP contribution in [0.25, 0.3) is 16.1 Å². The van der Waals surface area contributed by atoms with Crippen LogP contribution in [-0.2, 0) is 0 Å². The molecule has 0 aliphatic rings. The second kappa shape index (κ2) is 5.69. The molecule has 0 aliphatic heterocycles. The van der Waals surface area contributed by atoms with Gasteiger partial charge in [-0.25, -0.2) is 0 Å². The van der Waals surface area contributed by atoms with Crippen molar-refractivity contribution in [2.45, 2.75) is 6.92 Å². The Kier molecular flexibility index (Phi) is 3.79. The Morgan fingerprint density at radius 2 is 2.10 bits per heavy atom. The van der Waals surface area contributed by atoms with E-state index in [1.54, 1.807) is 36.4 Å². The molecular weight excluding hydrogens is 272 g/mol. The zero-order chi connectivity index (χ0) is 15.4. The van der Waals surface area contributed by atoms with Crippen LogP contribution in [0.5, 0.6) is 0 Å². The number of hydrogen-bond donors (Lipinski definition) is 0. The van der Waals surface area contributed by atoms with Gasteiger partial charge in [-0.15, -0.1) is 0 Å². The third kappa shape index (κ3) is 2.49. The van der Waals surface area contributed by atoms with Crippen molar-refractivity contribution in [2.75, 3.05) is 0 Å². The van der Waals surface area contributed by atoms with Gasteiger partial charge in [0.2, 0.25) is 0 Å². The average Bonchev–Trinajstić information content (AvgIpc) is 2.49. The van der Waals surface area contributed by atoms with Gasteiger partial charge < -0.3 is 0 Å². The topological polar surface area (TPSA) is 125 Å². The first-order valence-corrected chi connectivity index (χ1v) is 5.79. The standard InChI is InChI=1S/C13H8N6O2/c1-8-10(7-14)13(21)19(9-5-3-2-4-6-9)17-11(8)12(20)16-18-15/h2-6H,1H3. The molecule has 1 heterocycles. The fourth-order valence-electron chi connectivity index (χ4n) is 1.77. The number of azide groups is 1. The van der Waals surface area contributed by atoms with E-state index in [4.69, 9.17) is 10.8 Å². The van der Waals surface area contributed by atoms with Crippen molar-refractivity contribution in [1.82, 2.24) is 9.78 Å². The molecule has 0 N–H and O–H groups in total. The van der Waals surface area contributed by atoms with Crippen LogP contribution in [0.15, 0.2) is 40.2 Å². The molecule has 0 spiro atoms. The van der Waals surface area contributed by atoms with E-state index in [1.165, 1.54) is 6.92 Å². The summed E-state index contributed by atoms with van der Waals surface area (Å²) in [6, 6.07) is 10.1. The summed E-state index contributed by atoms with van der Waals surface area (Å²) in [4.78, 5) is 26.3. The van der Waals surface area contributed by atoms with Gasteiger partial charge in [-0.05, 0) is 29.7 Å². The predicted octanol–water partition coefficient (Wildman–Crippen LogP) is 1.86. The van der Waals surface area contributed by atoms with Crippen LogP contribution in [-0.4, -0.2) is 15.7 Å². The van der Waals surface area contributed by atoms with Gasteiger partial charge in [0, 0.05) is 10.5 Å². The average molecular weight is 280 g/mol. The lowest BCUT2D eigenvalue weighted by atomic mass is 10.1. The number of nitrogens with zero attached hydrogens (tertiary/aromatic N) is 6. The smallest absolute Gasteiger partial charge is 0.285 e. The monoisotopic (exact) mass is 280 g/mol. The molecule has 8 nitrogen and oxygen atoms in total. The quantitative estimate of drug-likeness (QED) is 0.472. The minimum Gasteiger partial charge on any atom is -0.285 e. The van der Waals surface area contributed by atoms with Gasteiger partial charge in [0.15, 0.2) is 0 Å². The third-order valence-corrected chi connectivity index (χ3v) is 2.79. The van der Waals surface area contributed by atoms with Crippen molar-refractivity contribution in [1.29, 1.82) is 5.26 Å². The molecule has 102 valence electrons. The van der Waals surface area contributed by atoms with Crippen molar-refractivity contribution in [3.8, 4) is 11.8 Å². The van der Waals surface area contributed by atoms with E-state index in [9.17, 15) is 9.59 Å².